The third-order valence-electron chi connectivity index (χ3n) is 7.02. The highest BCUT2D eigenvalue weighted by Crippen LogP contribution is 2.41. The Morgan fingerprint density at radius 3 is 1.96 bits per heavy atom. The van der Waals surface area contributed by atoms with Crippen LogP contribution >= 0.6 is 0 Å². The van der Waals surface area contributed by atoms with Gasteiger partial charge >= 0.3 is 5.97 Å². The maximum Gasteiger partial charge on any atom is 0.308 e. The zero-order chi connectivity index (χ0) is 16.1. The van der Waals surface area contributed by atoms with Crippen LogP contribution in [0.15, 0.2) is 0 Å². The van der Waals surface area contributed by atoms with Crippen LogP contribution in [-0.4, -0.2) is 12.6 Å². The molecular weight excluding hydrogens is 284 g/mol. The van der Waals surface area contributed by atoms with Crippen LogP contribution in [0.2, 0.25) is 0 Å². The molecule has 3 saturated carbocycles. The second-order valence-electron chi connectivity index (χ2n) is 8.77. The van der Waals surface area contributed by atoms with E-state index in [-0.39, 0.29) is 11.9 Å². The molecule has 0 aliphatic heterocycles. The molecule has 2 heteroatoms. The van der Waals surface area contributed by atoms with Crippen molar-refractivity contribution in [2.75, 3.05) is 6.61 Å². The molecule has 3 rings (SSSR count). The molecule has 0 atom stereocenters. The largest absolute Gasteiger partial charge is 0.465 e. The van der Waals surface area contributed by atoms with Gasteiger partial charge in [0.05, 0.1) is 12.5 Å². The van der Waals surface area contributed by atoms with E-state index < -0.39 is 0 Å². The quantitative estimate of drug-likeness (QED) is 0.617. The molecular formula is C21H36O2. The van der Waals surface area contributed by atoms with Gasteiger partial charge in [0.1, 0.15) is 0 Å². The second-order valence-corrected chi connectivity index (χ2v) is 8.77. The first-order valence-electron chi connectivity index (χ1n) is 10.4. The van der Waals surface area contributed by atoms with Gasteiger partial charge in [-0.3, -0.25) is 4.79 Å². The smallest absolute Gasteiger partial charge is 0.308 e. The normalized spacial score (nSPS) is 36.6. The van der Waals surface area contributed by atoms with Crippen LogP contribution in [0.1, 0.15) is 90.4 Å². The number of esters is 1. The van der Waals surface area contributed by atoms with Gasteiger partial charge < -0.3 is 4.74 Å². The van der Waals surface area contributed by atoms with E-state index in [1.54, 1.807) is 0 Å². The van der Waals surface area contributed by atoms with Crippen LogP contribution < -0.4 is 0 Å². The zero-order valence-corrected chi connectivity index (χ0v) is 15.1. The van der Waals surface area contributed by atoms with Crippen molar-refractivity contribution in [2.45, 2.75) is 90.4 Å². The molecule has 0 aromatic rings. The molecule has 0 spiro atoms. The molecule has 0 radical (unpaired) electrons. The Bertz CT molecular complexity index is 356. The number of hydrogen-bond donors (Lipinski definition) is 0. The summed E-state index contributed by atoms with van der Waals surface area (Å²) in [5, 5.41) is 0. The summed E-state index contributed by atoms with van der Waals surface area (Å²) < 4.78 is 5.68. The Morgan fingerprint density at radius 2 is 1.35 bits per heavy atom. The van der Waals surface area contributed by atoms with Crippen molar-refractivity contribution in [1.29, 1.82) is 0 Å². The van der Waals surface area contributed by atoms with E-state index >= 15 is 0 Å². The lowest BCUT2D eigenvalue weighted by Crippen LogP contribution is -2.29. The lowest BCUT2D eigenvalue weighted by Gasteiger charge is -2.36. The van der Waals surface area contributed by atoms with Crippen molar-refractivity contribution in [2.24, 2.45) is 29.6 Å². The summed E-state index contributed by atoms with van der Waals surface area (Å²) in [6.07, 6.45) is 17.0. The predicted octanol–water partition coefficient (Wildman–Crippen LogP) is 5.74. The molecule has 23 heavy (non-hydrogen) atoms. The summed E-state index contributed by atoms with van der Waals surface area (Å²) >= 11 is 0. The summed E-state index contributed by atoms with van der Waals surface area (Å²) in [5.41, 5.74) is 0. The topological polar surface area (TPSA) is 26.3 Å². The minimum atomic E-state index is 0.117. The molecule has 3 aliphatic rings. The Balaban J connectivity index is 1.35. The van der Waals surface area contributed by atoms with Crippen LogP contribution in [0.5, 0.6) is 0 Å². The van der Waals surface area contributed by atoms with E-state index in [0.717, 1.165) is 30.6 Å². The van der Waals surface area contributed by atoms with Gasteiger partial charge in [-0.2, -0.15) is 0 Å². The monoisotopic (exact) mass is 320 g/mol. The van der Waals surface area contributed by atoms with Gasteiger partial charge in [0, 0.05) is 0 Å². The second kappa shape index (κ2) is 8.53. The standard InChI is InChI=1S/C21H36O2/c1-16-7-9-18(10-8-16)19-11-13-20(14-12-19)21(22)23-15-17-5-3-2-4-6-17/h16-20H,2-15H2,1H3. The Morgan fingerprint density at radius 1 is 0.783 bits per heavy atom. The zero-order valence-electron chi connectivity index (χ0n) is 15.1. The van der Waals surface area contributed by atoms with Gasteiger partial charge in [-0.25, -0.2) is 0 Å². The fourth-order valence-electron chi connectivity index (χ4n) is 5.26. The molecule has 0 saturated heterocycles. The lowest BCUT2D eigenvalue weighted by molar-refractivity contribution is -0.151. The van der Waals surface area contributed by atoms with Gasteiger partial charge in [-0.1, -0.05) is 39.0 Å². The number of ether oxygens (including phenoxy) is 1. The fourth-order valence-corrected chi connectivity index (χ4v) is 5.26. The van der Waals surface area contributed by atoms with Crippen LogP contribution in [-0.2, 0) is 9.53 Å². The molecule has 132 valence electrons. The van der Waals surface area contributed by atoms with E-state index in [2.05, 4.69) is 6.92 Å². The maximum atomic E-state index is 12.3. The molecule has 3 fully saturated rings. The van der Waals surface area contributed by atoms with Gasteiger partial charge in [-0.15, -0.1) is 0 Å². The first-order chi connectivity index (χ1) is 11.2. The van der Waals surface area contributed by atoms with Gasteiger partial charge in [0.25, 0.3) is 0 Å². The van der Waals surface area contributed by atoms with E-state index in [1.807, 2.05) is 0 Å². The number of carbonyl (C=O) groups is 1. The summed E-state index contributed by atoms with van der Waals surface area (Å²) in [6.45, 7) is 3.09. The highest BCUT2D eigenvalue weighted by molar-refractivity contribution is 5.72. The summed E-state index contributed by atoms with van der Waals surface area (Å²) in [4.78, 5) is 12.3. The SMILES string of the molecule is CC1CCC(C2CCC(C(=O)OCC3CCCCC3)CC2)CC1. The molecule has 2 nitrogen and oxygen atoms in total. The predicted molar refractivity (Wildman–Crippen MR) is 94.1 cm³/mol. The summed E-state index contributed by atoms with van der Waals surface area (Å²) in [7, 11) is 0. The Kier molecular flexibility index (Phi) is 6.42. The average Bonchev–Trinajstić information content (AvgIpc) is 2.61. The molecule has 0 aromatic carbocycles. The van der Waals surface area contributed by atoms with Crippen molar-refractivity contribution in [1.82, 2.24) is 0 Å². The van der Waals surface area contributed by atoms with E-state index in [0.29, 0.717) is 12.5 Å². The molecule has 0 heterocycles. The fraction of sp³-hybridized carbons (Fsp3) is 0.952. The Hall–Kier alpha value is -0.530. The highest BCUT2D eigenvalue weighted by Gasteiger charge is 2.33. The molecule has 0 amide bonds. The lowest BCUT2D eigenvalue weighted by atomic mass is 9.69. The van der Waals surface area contributed by atoms with Crippen molar-refractivity contribution >= 4 is 5.97 Å². The molecule has 0 aromatic heterocycles. The van der Waals surface area contributed by atoms with E-state index in [1.165, 1.54) is 70.6 Å². The van der Waals surface area contributed by atoms with E-state index in [9.17, 15) is 4.79 Å². The van der Waals surface area contributed by atoms with Crippen LogP contribution in [0.25, 0.3) is 0 Å². The van der Waals surface area contributed by atoms with Crippen LogP contribution in [0.4, 0.5) is 0 Å². The number of carbonyl (C=O) groups excluding carboxylic acids is 1. The first-order valence-corrected chi connectivity index (χ1v) is 10.4. The first kappa shape index (κ1) is 17.3. The Labute approximate surface area is 142 Å². The molecule has 3 aliphatic carbocycles. The summed E-state index contributed by atoms with van der Waals surface area (Å²) in [6, 6.07) is 0. The van der Waals surface area contributed by atoms with Gasteiger partial charge in [-0.05, 0) is 75.0 Å². The summed E-state index contributed by atoms with van der Waals surface area (Å²) in [5.74, 6) is 3.75. The van der Waals surface area contributed by atoms with Gasteiger partial charge in [0.15, 0.2) is 0 Å². The van der Waals surface area contributed by atoms with Crippen molar-refractivity contribution in [3.05, 3.63) is 0 Å². The third kappa shape index (κ3) is 4.97. The maximum absolute atomic E-state index is 12.3. The van der Waals surface area contributed by atoms with Crippen molar-refractivity contribution < 1.29 is 9.53 Å². The molecule has 0 unspecified atom stereocenters. The minimum Gasteiger partial charge on any atom is -0.465 e. The number of rotatable bonds is 4. The van der Waals surface area contributed by atoms with Crippen LogP contribution in [0.3, 0.4) is 0 Å². The minimum absolute atomic E-state index is 0.117. The van der Waals surface area contributed by atoms with Crippen molar-refractivity contribution in [3.8, 4) is 0 Å². The third-order valence-corrected chi connectivity index (χ3v) is 7.02. The molecule has 0 bridgehead atoms. The van der Waals surface area contributed by atoms with Gasteiger partial charge in [0.2, 0.25) is 0 Å². The molecule has 0 N–H and O–H groups in total. The highest BCUT2D eigenvalue weighted by atomic mass is 16.5. The van der Waals surface area contributed by atoms with E-state index in [4.69, 9.17) is 4.74 Å². The average molecular weight is 321 g/mol. The number of hydrogen-bond acceptors (Lipinski definition) is 2. The van der Waals surface area contributed by atoms with Crippen LogP contribution in [0, 0.1) is 29.6 Å². The van der Waals surface area contributed by atoms with Crippen molar-refractivity contribution in [3.63, 3.8) is 0 Å².